The van der Waals surface area contributed by atoms with Crippen LogP contribution in [0.1, 0.15) is 60.5 Å². The van der Waals surface area contributed by atoms with Crippen molar-refractivity contribution in [3.8, 4) is 5.75 Å². The monoisotopic (exact) mass is 574 g/mol. The first-order valence-corrected chi connectivity index (χ1v) is 14.1. The van der Waals surface area contributed by atoms with Gasteiger partial charge in [-0.3, -0.25) is 14.2 Å². The molecule has 2 aromatic heterocycles. The van der Waals surface area contributed by atoms with E-state index in [1.165, 1.54) is 4.57 Å². The third kappa shape index (κ3) is 6.29. The van der Waals surface area contributed by atoms with Crippen molar-refractivity contribution in [3.63, 3.8) is 0 Å². The molecule has 12 heteroatoms. The Hall–Kier alpha value is -3.48. The summed E-state index contributed by atoms with van der Waals surface area (Å²) in [6, 6.07) is 7.38. The lowest BCUT2D eigenvalue weighted by Gasteiger charge is -2.30. The van der Waals surface area contributed by atoms with E-state index in [1.54, 1.807) is 13.8 Å². The summed E-state index contributed by atoms with van der Waals surface area (Å²) >= 11 is 0.973. The summed E-state index contributed by atoms with van der Waals surface area (Å²) in [5.74, 6) is -1.36. The summed E-state index contributed by atoms with van der Waals surface area (Å²) in [4.78, 5) is 51.9. The number of carboxylic acid groups (broad SMARTS) is 1. The molecular weight excluding hydrogens is 540 g/mol. The number of carboxylic acids is 1. The third-order valence-electron chi connectivity index (χ3n) is 6.55. The number of carbonyl (C=O) groups excluding carboxylic acids is 1. The smallest absolute Gasteiger partial charge is 0.348 e. The number of ether oxygens (including phenoxy) is 4. The molecule has 0 radical (unpaired) electrons. The van der Waals surface area contributed by atoms with Crippen molar-refractivity contribution in [2.45, 2.75) is 71.9 Å². The first-order valence-electron chi connectivity index (χ1n) is 13.3. The minimum absolute atomic E-state index is 0.0483. The third-order valence-corrected chi connectivity index (χ3v) is 7.85. The predicted molar refractivity (Wildman–Crippen MR) is 149 cm³/mol. The first kappa shape index (κ1) is 29.5. The Kier molecular flexibility index (Phi) is 9.44. The fourth-order valence-electron chi connectivity index (χ4n) is 4.75. The Morgan fingerprint density at radius 2 is 1.85 bits per heavy atom. The van der Waals surface area contributed by atoms with Crippen LogP contribution in [0.15, 0.2) is 33.9 Å². The van der Waals surface area contributed by atoms with Gasteiger partial charge in [-0.2, -0.15) is 0 Å². The lowest BCUT2D eigenvalue weighted by molar-refractivity contribution is -0.137. The molecule has 0 amide bonds. The Morgan fingerprint density at radius 1 is 1.15 bits per heavy atom. The van der Waals surface area contributed by atoms with Crippen LogP contribution in [0.4, 0.5) is 0 Å². The molecule has 4 rings (SSSR count). The second kappa shape index (κ2) is 12.8. The molecule has 1 aromatic carbocycles. The van der Waals surface area contributed by atoms with E-state index < -0.39 is 35.8 Å². The van der Waals surface area contributed by atoms with Crippen molar-refractivity contribution in [2.24, 2.45) is 0 Å². The molecule has 1 aliphatic heterocycles. The van der Waals surface area contributed by atoms with Gasteiger partial charge in [-0.1, -0.05) is 18.2 Å². The van der Waals surface area contributed by atoms with Crippen LogP contribution in [-0.4, -0.2) is 58.2 Å². The number of benzene rings is 1. The molecule has 0 saturated carbocycles. The van der Waals surface area contributed by atoms with Gasteiger partial charge in [0, 0.05) is 18.8 Å². The maximum absolute atomic E-state index is 13.7. The van der Waals surface area contributed by atoms with E-state index in [4.69, 9.17) is 18.9 Å². The molecule has 40 heavy (non-hydrogen) atoms. The first-order chi connectivity index (χ1) is 19.1. The minimum atomic E-state index is -1.34. The predicted octanol–water partition coefficient (Wildman–Crippen LogP) is 3.52. The van der Waals surface area contributed by atoms with Crippen LogP contribution in [0, 0.1) is 6.92 Å². The van der Waals surface area contributed by atoms with Gasteiger partial charge in [0.1, 0.15) is 28.1 Å². The quantitative estimate of drug-likeness (QED) is 0.341. The normalized spacial score (nSPS) is 14.9. The van der Waals surface area contributed by atoms with Crippen LogP contribution >= 0.6 is 11.3 Å². The van der Waals surface area contributed by atoms with E-state index in [-0.39, 0.29) is 40.5 Å². The molecule has 216 valence electrons. The molecule has 11 nitrogen and oxygen atoms in total. The van der Waals surface area contributed by atoms with Gasteiger partial charge < -0.3 is 24.1 Å². The summed E-state index contributed by atoms with van der Waals surface area (Å²) in [6.07, 6.45) is 0.365. The minimum Gasteiger partial charge on any atom is -0.491 e. The highest BCUT2D eigenvalue weighted by Gasteiger charge is 2.29. The van der Waals surface area contributed by atoms with Gasteiger partial charge in [0.15, 0.2) is 0 Å². The van der Waals surface area contributed by atoms with Gasteiger partial charge in [0.05, 0.1) is 30.7 Å². The average molecular weight is 575 g/mol. The molecule has 0 aliphatic carbocycles. The van der Waals surface area contributed by atoms with E-state index in [2.05, 4.69) is 0 Å². The highest BCUT2D eigenvalue weighted by Crippen LogP contribution is 2.34. The van der Waals surface area contributed by atoms with Crippen molar-refractivity contribution in [1.82, 2.24) is 9.13 Å². The fraction of sp³-hybridized carbons (Fsp3) is 0.500. The van der Waals surface area contributed by atoms with Crippen LogP contribution in [0.3, 0.4) is 0 Å². The molecule has 1 saturated heterocycles. The zero-order chi connectivity index (χ0) is 29.0. The molecule has 3 aromatic rings. The number of carbonyl (C=O) groups is 2. The molecule has 1 aliphatic rings. The summed E-state index contributed by atoms with van der Waals surface area (Å²) in [5.41, 5.74) is -0.535. The Bertz CT molecular complexity index is 1500. The van der Waals surface area contributed by atoms with Gasteiger partial charge in [-0.05, 0) is 52.2 Å². The van der Waals surface area contributed by atoms with Crippen molar-refractivity contribution < 1.29 is 33.6 Å². The molecule has 0 spiro atoms. The number of hydrogen-bond acceptors (Lipinski definition) is 9. The Labute approximate surface area is 234 Å². The van der Waals surface area contributed by atoms with E-state index in [0.29, 0.717) is 47.5 Å². The van der Waals surface area contributed by atoms with Gasteiger partial charge >= 0.3 is 17.6 Å². The van der Waals surface area contributed by atoms with E-state index >= 15 is 0 Å². The highest BCUT2D eigenvalue weighted by atomic mass is 32.1. The van der Waals surface area contributed by atoms with Crippen LogP contribution < -0.4 is 16.0 Å². The molecule has 1 fully saturated rings. The van der Waals surface area contributed by atoms with Crippen molar-refractivity contribution in [3.05, 3.63) is 61.1 Å². The standard InChI is InChI=1S/C28H34N2O9S/c1-5-37-27(34)24-17(4)23-25(33)29(15-22(31)32)28(35)30(26(23)40-24)14-21(39-18-10-12-36-13-11-18)19-8-6-7-9-20(19)38-16(2)3/h6-9,16,18,21H,5,10-15H2,1-4H3,(H,31,32)/t21-/m0/s1. The molecular formula is C28H34N2O9S. The van der Waals surface area contributed by atoms with Crippen LogP contribution in [0.25, 0.3) is 10.2 Å². The molecule has 1 N–H and O–H groups in total. The lowest BCUT2D eigenvalue weighted by atomic mass is 10.1. The van der Waals surface area contributed by atoms with Gasteiger partial charge in [0.25, 0.3) is 5.56 Å². The SMILES string of the molecule is CCOC(=O)c1sc2c(c1C)c(=O)n(CC(=O)O)c(=O)n2C[C@H](OC1CCOCC1)c1ccccc1OC(C)C. The second-order valence-electron chi connectivity index (χ2n) is 9.78. The van der Waals surface area contributed by atoms with E-state index in [0.717, 1.165) is 11.3 Å². The largest absolute Gasteiger partial charge is 0.491 e. The van der Waals surface area contributed by atoms with E-state index in [1.807, 2.05) is 38.1 Å². The Balaban J connectivity index is 1.92. The van der Waals surface area contributed by atoms with Crippen LogP contribution in [0.2, 0.25) is 0 Å². The number of aliphatic carboxylic acids is 1. The number of aromatic nitrogens is 2. The number of rotatable bonds is 11. The number of nitrogens with zero attached hydrogens (tertiary/aromatic N) is 2. The topological polar surface area (TPSA) is 135 Å². The molecule has 0 bridgehead atoms. The number of fused-ring (bicyclic) bond motifs is 1. The fourth-order valence-corrected chi connectivity index (χ4v) is 5.95. The molecule has 3 heterocycles. The van der Waals surface area contributed by atoms with Crippen LogP contribution in [0.5, 0.6) is 5.75 Å². The number of thiophene rings is 1. The number of esters is 1. The van der Waals surface area contributed by atoms with Gasteiger partial charge in [0.2, 0.25) is 0 Å². The summed E-state index contributed by atoms with van der Waals surface area (Å²) in [5, 5.41) is 9.58. The second-order valence-corrected chi connectivity index (χ2v) is 10.8. The summed E-state index contributed by atoms with van der Waals surface area (Å²) in [7, 11) is 0. The maximum atomic E-state index is 13.7. The molecule has 0 unspecified atom stereocenters. The van der Waals surface area contributed by atoms with Crippen LogP contribution in [-0.2, 0) is 32.1 Å². The zero-order valence-corrected chi connectivity index (χ0v) is 23.8. The molecule has 1 atom stereocenters. The Morgan fingerprint density at radius 3 is 2.50 bits per heavy atom. The lowest BCUT2D eigenvalue weighted by Crippen LogP contribution is -2.42. The van der Waals surface area contributed by atoms with Crippen molar-refractivity contribution in [2.75, 3.05) is 19.8 Å². The van der Waals surface area contributed by atoms with Crippen molar-refractivity contribution in [1.29, 1.82) is 0 Å². The summed E-state index contributed by atoms with van der Waals surface area (Å²) < 4.78 is 25.3. The highest BCUT2D eigenvalue weighted by molar-refractivity contribution is 7.20. The van der Waals surface area contributed by atoms with E-state index in [9.17, 15) is 24.3 Å². The number of hydrogen-bond donors (Lipinski definition) is 1. The maximum Gasteiger partial charge on any atom is 0.348 e. The number of aryl methyl sites for hydroxylation is 1. The number of para-hydroxylation sites is 1. The van der Waals surface area contributed by atoms with Crippen molar-refractivity contribution >= 4 is 33.5 Å². The summed E-state index contributed by atoms with van der Waals surface area (Å²) in [6.45, 7) is 7.43. The van der Waals surface area contributed by atoms with Gasteiger partial charge in [-0.25, -0.2) is 14.2 Å². The zero-order valence-electron chi connectivity index (χ0n) is 23.0. The average Bonchev–Trinajstić information content (AvgIpc) is 3.26. The van der Waals surface area contributed by atoms with Gasteiger partial charge in [-0.15, -0.1) is 11.3 Å².